The van der Waals surface area contributed by atoms with Gasteiger partial charge in [-0.3, -0.25) is 4.79 Å². The average molecular weight is 310 g/mol. The number of rotatable bonds is 7. The van der Waals surface area contributed by atoms with Crippen molar-refractivity contribution in [2.45, 2.75) is 50.0 Å². The van der Waals surface area contributed by atoms with Gasteiger partial charge in [-0.2, -0.15) is 0 Å². The normalized spacial score (nSPS) is 22.2. The summed E-state index contributed by atoms with van der Waals surface area (Å²) in [5.41, 5.74) is 0. The number of esters is 1. The van der Waals surface area contributed by atoms with E-state index in [1.807, 2.05) is 0 Å². The molecule has 0 N–H and O–H groups in total. The summed E-state index contributed by atoms with van der Waals surface area (Å²) in [6, 6.07) is 8.27. The van der Waals surface area contributed by atoms with E-state index in [1.165, 1.54) is 0 Å². The summed E-state index contributed by atoms with van der Waals surface area (Å²) in [7, 11) is -3.43. The summed E-state index contributed by atoms with van der Waals surface area (Å²) in [6.07, 6.45) is 4.50. The van der Waals surface area contributed by atoms with E-state index >= 15 is 0 Å². The molecule has 4 nitrogen and oxygen atoms in total. The standard InChI is InChI=1S/C16H22O4S/c1-2-3-5-8-14-11-13(16(17)20-14)12-21(18,19)15-9-6-4-7-10-15/h4,6-7,9-10,13-14H,2-3,5,8,11-12H2,1H3. The maximum atomic E-state index is 12.3. The molecule has 1 fully saturated rings. The molecule has 0 spiro atoms. The Bertz CT molecular complexity index is 565. The summed E-state index contributed by atoms with van der Waals surface area (Å²) < 4.78 is 29.9. The molecule has 1 aliphatic rings. The summed E-state index contributed by atoms with van der Waals surface area (Å²) in [5, 5.41) is 0. The third-order valence-corrected chi connectivity index (χ3v) is 5.65. The number of hydrogen-bond acceptors (Lipinski definition) is 4. The Balaban J connectivity index is 1.95. The number of hydrogen-bond donors (Lipinski definition) is 0. The van der Waals surface area contributed by atoms with Crippen LogP contribution in [0.5, 0.6) is 0 Å². The van der Waals surface area contributed by atoms with E-state index in [1.54, 1.807) is 30.3 Å². The zero-order valence-corrected chi connectivity index (χ0v) is 13.1. The van der Waals surface area contributed by atoms with Crippen LogP contribution < -0.4 is 0 Å². The lowest BCUT2D eigenvalue weighted by atomic mass is 10.0. The van der Waals surface area contributed by atoms with E-state index in [-0.39, 0.29) is 22.7 Å². The fourth-order valence-electron chi connectivity index (χ4n) is 2.65. The van der Waals surface area contributed by atoms with Crippen LogP contribution >= 0.6 is 0 Å². The molecule has 1 heterocycles. The highest BCUT2D eigenvalue weighted by Gasteiger charge is 2.37. The molecule has 5 heteroatoms. The minimum absolute atomic E-state index is 0.111. The molecule has 1 aromatic carbocycles. The van der Waals surface area contributed by atoms with Crippen LogP contribution in [0.2, 0.25) is 0 Å². The SMILES string of the molecule is CCCCCC1CC(CS(=O)(=O)c2ccccc2)C(=O)O1. The van der Waals surface area contributed by atoms with Crippen molar-refractivity contribution in [1.29, 1.82) is 0 Å². The largest absolute Gasteiger partial charge is 0.462 e. The minimum Gasteiger partial charge on any atom is -0.462 e. The van der Waals surface area contributed by atoms with Crippen LogP contribution in [0.25, 0.3) is 0 Å². The first kappa shape index (κ1) is 16.0. The molecule has 0 aromatic heterocycles. The van der Waals surface area contributed by atoms with Gasteiger partial charge in [0.1, 0.15) is 6.10 Å². The van der Waals surface area contributed by atoms with E-state index in [2.05, 4.69) is 6.92 Å². The lowest BCUT2D eigenvalue weighted by Crippen LogP contribution is -2.20. The molecule has 2 rings (SSSR count). The molecule has 2 atom stereocenters. The van der Waals surface area contributed by atoms with Gasteiger partial charge in [0.15, 0.2) is 9.84 Å². The molecule has 0 aliphatic carbocycles. The van der Waals surface area contributed by atoms with Crippen LogP contribution in [0, 0.1) is 5.92 Å². The van der Waals surface area contributed by atoms with Crippen molar-refractivity contribution < 1.29 is 17.9 Å². The van der Waals surface area contributed by atoms with Gasteiger partial charge < -0.3 is 4.74 Å². The first-order valence-corrected chi connectivity index (χ1v) is 9.16. The fraction of sp³-hybridized carbons (Fsp3) is 0.562. The van der Waals surface area contributed by atoms with Crippen molar-refractivity contribution in [3.63, 3.8) is 0 Å². The van der Waals surface area contributed by atoms with Crippen molar-refractivity contribution in [2.24, 2.45) is 5.92 Å². The van der Waals surface area contributed by atoms with Crippen LogP contribution in [0.4, 0.5) is 0 Å². The van der Waals surface area contributed by atoms with Crippen molar-refractivity contribution in [3.8, 4) is 0 Å². The van der Waals surface area contributed by atoms with Gasteiger partial charge in [0, 0.05) is 0 Å². The quantitative estimate of drug-likeness (QED) is 0.574. The number of sulfone groups is 1. The number of unbranched alkanes of at least 4 members (excludes halogenated alkanes) is 2. The van der Waals surface area contributed by atoms with Crippen LogP contribution in [-0.2, 0) is 19.4 Å². The van der Waals surface area contributed by atoms with E-state index in [9.17, 15) is 13.2 Å². The van der Waals surface area contributed by atoms with Crippen molar-refractivity contribution in [1.82, 2.24) is 0 Å². The van der Waals surface area contributed by atoms with Crippen molar-refractivity contribution in [2.75, 3.05) is 5.75 Å². The van der Waals surface area contributed by atoms with Crippen molar-refractivity contribution in [3.05, 3.63) is 30.3 Å². The lowest BCUT2D eigenvalue weighted by Gasteiger charge is -2.08. The van der Waals surface area contributed by atoms with Gasteiger partial charge in [-0.1, -0.05) is 38.0 Å². The minimum atomic E-state index is -3.43. The topological polar surface area (TPSA) is 60.4 Å². The lowest BCUT2D eigenvalue weighted by molar-refractivity contribution is -0.144. The van der Waals surface area contributed by atoms with Gasteiger partial charge >= 0.3 is 5.97 Å². The predicted molar refractivity (Wildman–Crippen MR) is 80.6 cm³/mol. The zero-order chi connectivity index (χ0) is 15.3. The van der Waals surface area contributed by atoms with E-state index in [0.29, 0.717) is 6.42 Å². The first-order chi connectivity index (χ1) is 10.0. The van der Waals surface area contributed by atoms with Crippen LogP contribution in [0.15, 0.2) is 35.2 Å². The molecule has 1 aliphatic heterocycles. The highest BCUT2D eigenvalue weighted by molar-refractivity contribution is 7.91. The van der Waals surface area contributed by atoms with Crippen molar-refractivity contribution >= 4 is 15.8 Å². The maximum Gasteiger partial charge on any atom is 0.310 e. The Morgan fingerprint density at radius 3 is 2.57 bits per heavy atom. The second-order valence-electron chi connectivity index (χ2n) is 5.58. The zero-order valence-electron chi connectivity index (χ0n) is 12.3. The highest BCUT2D eigenvalue weighted by Crippen LogP contribution is 2.28. The number of carbonyl (C=O) groups is 1. The van der Waals surface area contributed by atoms with Gasteiger partial charge in [-0.15, -0.1) is 0 Å². The Hall–Kier alpha value is -1.36. The second kappa shape index (κ2) is 7.07. The number of benzene rings is 1. The summed E-state index contributed by atoms with van der Waals surface area (Å²) in [5.74, 6) is -1.04. The number of ether oxygens (including phenoxy) is 1. The Kier molecular flexibility index (Phi) is 5.39. The van der Waals surface area contributed by atoms with Gasteiger partial charge in [-0.05, 0) is 31.4 Å². The summed E-state index contributed by atoms with van der Waals surface area (Å²) in [6.45, 7) is 2.12. The van der Waals surface area contributed by atoms with Gasteiger partial charge in [0.2, 0.25) is 0 Å². The van der Waals surface area contributed by atoms with E-state index in [0.717, 1.165) is 25.7 Å². The first-order valence-electron chi connectivity index (χ1n) is 7.51. The smallest absolute Gasteiger partial charge is 0.310 e. The number of cyclic esters (lactones) is 1. The summed E-state index contributed by atoms with van der Waals surface area (Å²) in [4.78, 5) is 12.1. The molecule has 0 amide bonds. The van der Waals surface area contributed by atoms with Crippen LogP contribution in [-0.4, -0.2) is 26.2 Å². The van der Waals surface area contributed by atoms with Gasteiger partial charge in [0.25, 0.3) is 0 Å². The number of carbonyl (C=O) groups excluding carboxylic acids is 1. The van der Waals surface area contributed by atoms with Crippen LogP contribution in [0.1, 0.15) is 39.0 Å². The average Bonchev–Trinajstić information content (AvgIpc) is 2.80. The highest BCUT2D eigenvalue weighted by atomic mass is 32.2. The summed E-state index contributed by atoms with van der Waals surface area (Å²) >= 11 is 0. The Labute approximate surface area is 126 Å². The maximum absolute atomic E-state index is 12.3. The van der Waals surface area contributed by atoms with Gasteiger partial charge in [-0.25, -0.2) is 8.42 Å². The Morgan fingerprint density at radius 1 is 1.19 bits per heavy atom. The third kappa shape index (κ3) is 4.30. The second-order valence-corrected chi connectivity index (χ2v) is 7.62. The van der Waals surface area contributed by atoms with E-state index in [4.69, 9.17) is 4.74 Å². The molecule has 1 saturated heterocycles. The molecule has 1 aromatic rings. The Morgan fingerprint density at radius 2 is 1.90 bits per heavy atom. The molecule has 2 unspecified atom stereocenters. The fourth-order valence-corrected chi connectivity index (χ4v) is 4.21. The molecule has 21 heavy (non-hydrogen) atoms. The molecule has 116 valence electrons. The molecule has 0 radical (unpaired) electrons. The predicted octanol–water partition coefficient (Wildman–Crippen LogP) is 2.97. The van der Waals surface area contributed by atoms with E-state index < -0.39 is 15.8 Å². The van der Waals surface area contributed by atoms with Crippen LogP contribution in [0.3, 0.4) is 0 Å². The molecular weight excluding hydrogens is 288 g/mol. The molecule has 0 saturated carbocycles. The monoisotopic (exact) mass is 310 g/mol. The third-order valence-electron chi connectivity index (χ3n) is 3.82. The molecule has 0 bridgehead atoms. The molecular formula is C16H22O4S. The van der Waals surface area contributed by atoms with Gasteiger partial charge in [0.05, 0.1) is 16.6 Å².